The molecule has 0 spiro atoms. The van der Waals surface area contributed by atoms with Crippen molar-refractivity contribution in [2.75, 3.05) is 25.6 Å². The molecule has 2 N–H and O–H groups in total. The fourth-order valence-electron chi connectivity index (χ4n) is 1.65. The maximum absolute atomic E-state index is 12.3. The second kappa shape index (κ2) is 6.60. The molecule has 0 aliphatic heterocycles. The number of hydrogen-bond donors (Lipinski definition) is 1. The summed E-state index contributed by atoms with van der Waals surface area (Å²) in [5.41, 5.74) is 6.45. The predicted octanol–water partition coefficient (Wildman–Crippen LogP) is 0.950. The minimum Gasteiger partial charge on any atom is -0.349 e. The third kappa shape index (κ3) is 3.28. The third-order valence-electron chi connectivity index (χ3n) is 2.83. The van der Waals surface area contributed by atoms with E-state index in [4.69, 9.17) is 5.73 Å². The van der Waals surface area contributed by atoms with Gasteiger partial charge in [0.25, 0.3) is 0 Å². The van der Waals surface area contributed by atoms with Crippen LogP contribution in [0.2, 0.25) is 0 Å². The highest BCUT2D eigenvalue weighted by Gasteiger charge is 2.22. The van der Waals surface area contributed by atoms with E-state index in [0.717, 1.165) is 18.0 Å². The van der Waals surface area contributed by atoms with Gasteiger partial charge in [0.05, 0.1) is 0 Å². The molecule has 1 rings (SSSR count). The van der Waals surface area contributed by atoms with E-state index >= 15 is 0 Å². The van der Waals surface area contributed by atoms with Gasteiger partial charge in [0.1, 0.15) is 4.90 Å². The summed E-state index contributed by atoms with van der Waals surface area (Å²) in [6.45, 7) is 3.54. The molecule has 18 heavy (non-hydrogen) atoms. The molecule has 0 saturated heterocycles. The molecule has 0 saturated carbocycles. The smallest absolute Gasteiger partial charge is 0.244 e. The van der Waals surface area contributed by atoms with Crippen molar-refractivity contribution in [1.29, 1.82) is 0 Å². The van der Waals surface area contributed by atoms with Crippen molar-refractivity contribution < 1.29 is 8.42 Å². The van der Waals surface area contributed by atoms with Crippen LogP contribution >= 0.6 is 11.8 Å². The van der Waals surface area contributed by atoms with Crippen LogP contribution in [0, 0.1) is 0 Å². The van der Waals surface area contributed by atoms with Crippen molar-refractivity contribution in [2.45, 2.75) is 24.9 Å². The Bertz CT molecular complexity index is 461. The van der Waals surface area contributed by atoms with Gasteiger partial charge in [0, 0.05) is 44.3 Å². The molecule has 1 heterocycles. The first kappa shape index (κ1) is 15.6. The van der Waals surface area contributed by atoms with Crippen LogP contribution in [0.1, 0.15) is 12.6 Å². The summed E-state index contributed by atoms with van der Waals surface area (Å²) in [5, 5.41) is 0. The van der Waals surface area contributed by atoms with Gasteiger partial charge in [0.2, 0.25) is 10.0 Å². The van der Waals surface area contributed by atoms with Crippen LogP contribution in [0.25, 0.3) is 0 Å². The highest BCUT2D eigenvalue weighted by atomic mass is 32.2. The fourth-order valence-corrected chi connectivity index (χ4v) is 3.46. The molecule has 5 nitrogen and oxygen atoms in total. The number of aromatic nitrogens is 1. The first-order chi connectivity index (χ1) is 8.47. The monoisotopic (exact) mass is 291 g/mol. The first-order valence-corrected chi connectivity index (χ1v) is 8.65. The molecule has 0 atom stereocenters. The Morgan fingerprint density at radius 3 is 2.61 bits per heavy atom. The molecule has 0 amide bonds. The molecular formula is C11H21N3O2S2. The minimum atomic E-state index is -3.39. The molecule has 0 fully saturated rings. The Kier molecular flexibility index (Phi) is 5.71. The normalized spacial score (nSPS) is 12.3. The zero-order valence-corrected chi connectivity index (χ0v) is 12.7. The molecule has 0 aliphatic carbocycles. The molecule has 0 aliphatic rings. The average molecular weight is 291 g/mol. The number of thioether (sulfide) groups is 1. The van der Waals surface area contributed by atoms with Gasteiger partial charge in [-0.15, -0.1) is 0 Å². The Morgan fingerprint density at radius 1 is 1.50 bits per heavy atom. The van der Waals surface area contributed by atoms with Crippen LogP contribution < -0.4 is 5.73 Å². The van der Waals surface area contributed by atoms with Crippen molar-refractivity contribution in [3.8, 4) is 0 Å². The Morgan fingerprint density at radius 2 is 2.17 bits per heavy atom. The van der Waals surface area contributed by atoms with Crippen LogP contribution in [0.15, 0.2) is 17.2 Å². The first-order valence-electron chi connectivity index (χ1n) is 5.81. The summed E-state index contributed by atoms with van der Waals surface area (Å²) in [7, 11) is -1.78. The van der Waals surface area contributed by atoms with E-state index in [9.17, 15) is 8.42 Å². The topological polar surface area (TPSA) is 68.3 Å². The lowest BCUT2D eigenvalue weighted by atomic mass is 10.4. The van der Waals surface area contributed by atoms with E-state index in [2.05, 4.69) is 0 Å². The molecule has 0 aromatic carbocycles. The van der Waals surface area contributed by atoms with Crippen LogP contribution in [0.3, 0.4) is 0 Å². The third-order valence-corrected chi connectivity index (χ3v) is 5.24. The standard InChI is InChI=1S/C11H21N3O2S2/c1-4-14-9-11(7-10(14)8-12)18(15,16)13(2)5-6-17-3/h7,9H,4-6,8,12H2,1-3H3. The number of nitrogens with two attached hydrogens (primary N) is 1. The molecule has 0 bridgehead atoms. The molecule has 1 aromatic rings. The maximum Gasteiger partial charge on any atom is 0.244 e. The molecule has 1 aromatic heterocycles. The number of rotatable bonds is 7. The summed E-state index contributed by atoms with van der Waals surface area (Å²) in [6.07, 6.45) is 3.62. The molecule has 0 radical (unpaired) electrons. The summed E-state index contributed by atoms with van der Waals surface area (Å²) < 4.78 is 27.9. The van der Waals surface area contributed by atoms with Gasteiger partial charge in [-0.1, -0.05) is 0 Å². The maximum atomic E-state index is 12.3. The highest BCUT2D eigenvalue weighted by molar-refractivity contribution is 7.98. The van der Waals surface area contributed by atoms with Gasteiger partial charge in [-0.3, -0.25) is 0 Å². The van der Waals surface area contributed by atoms with Gasteiger partial charge < -0.3 is 10.3 Å². The Balaban J connectivity index is 3.01. The number of nitrogens with zero attached hydrogens (tertiary/aromatic N) is 2. The highest BCUT2D eigenvalue weighted by Crippen LogP contribution is 2.18. The summed E-state index contributed by atoms with van der Waals surface area (Å²) >= 11 is 1.63. The van der Waals surface area contributed by atoms with Crippen molar-refractivity contribution in [3.05, 3.63) is 18.0 Å². The van der Waals surface area contributed by atoms with E-state index in [0.29, 0.717) is 18.0 Å². The van der Waals surface area contributed by atoms with E-state index in [1.54, 1.807) is 31.1 Å². The van der Waals surface area contributed by atoms with Crippen LogP contribution in [-0.4, -0.2) is 42.9 Å². The lowest BCUT2D eigenvalue weighted by Crippen LogP contribution is -2.28. The van der Waals surface area contributed by atoms with Gasteiger partial charge in [-0.2, -0.15) is 11.8 Å². The summed E-state index contributed by atoms with van der Waals surface area (Å²) in [5.74, 6) is 0.786. The summed E-state index contributed by atoms with van der Waals surface area (Å²) in [6, 6.07) is 1.66. The van der Waals surface area contributed by atoms with E-state index in [1.807, 2.05) is 17.7 Å². The van der Waals surface area contributed by atoms with E-state index < -0.39 is 10.0 Å². The average Bonchev–Trinajstić information content (AvgIpc) is 2.79. The minimum absolute atomic E-state index is 0.327. The molecule has 7 heteroatoms. The van der Waals surface area contributed by atoms with Crippen LogP contribution in [0.4, 0.5) is 0 Å². The predicted molar refractivity (Wildman–Crippen MR) is 76.2 cm³/mol. The Hall–Kier alpha value is -0.500. The number of hydrogen-bond acceptors (Lipinski definition) is 4. The Labute approximate surface area is 113 Å². The lowest BCUT2D eigenvalue weighted by molar-refractivity contribution is 0.488. The lowest BCUT2D eigenvalue weighted by Gasteiger charge is -2.15. The quantitative estimate of drug-likeness (QED) is 0.812. The van der Waals surface area contributed by atoms with Crippen LogP contribution in [-0.2, 0) is 23.1 Å². The van der Waals surface area contributed by atoms with Crippen molar-refractivity contribution in [2.24, 2.45) is 5.73 Å². The zero-order chi connectivity index (χ0) is 13.8. The molecule has 104 valence electrons. The van der Waals surface area contributed by atoms with Crippen molar-refractivity contribution in [1.82, 2.24) is 8.87 Å². The van der Waals surface area contributed by atoms with Gasteiger partial charge in [-0.05, 0) is 19.2 Å². The fraction of sp³-hybridized carbons (Fsp3) is 0.636. The second-order valence-corrected chi connectivity index (χ2v) is 7.01. The summed E-state index contributed by atoms with van der Waals surface area (Å²) in [4.78, 5) is 0.327. The number of sulfonamides is 1. The van der Waals surface area contributed by atoms with Crippen molar-refractivity contribution >= 4 is 21.8 Å². The van der Waals surface area contributed by atoms with E-state index in [-0.39, 0.29) is 0 Å². The SMILES string of the molecule is CCn1cc(S(=O)(=O)N(C)CCSC)cc1CN. The van der Waals surface area contributed by atoms with Crippen molar-refractivity contribution in [3.63, 3.8) is 0 Å². The van der Waals surface area contributed by atoms with E-state index in [1.165, 1.54) is 4.31 Å². The van der Waals surface area contributed by atoms with Gasteiger partial charge in [0.15, 0.2) is 0 Å². The van der Waals surface area contributed by atoms with Crippen LogP contribution in [0.5, 0.6) is 0 Å². The zero-order valence-electron chi connectivity index (χ0n) is 11.1. The number of aryl methyl sites for hydroxylation is 1. The molecular weight excluding hydrogens is 270 g/mol. The molecule has 0 unspecified atom stereocenters. The van der Waals surface area contributed by atoms with Gasteiger partial charge >= 0.3 is 0 Å². The van der Waals surface area contributed by atoms with Gasteiger partial charge in [-0.25, -0.2) is 12.7 Å². The largest absolute Gasteiger partial charge is 0.349 e. The second-order valence-electron chi connectivity index (χ2n) is 3.98.